The molecule has 11 nitrogen and oxygen atoms in total. The molecule has 0 fully saturated rings. The Labute approximate surface area is 145 Å². The number of aliphatic carboxylic acids is 3. The van der Waals surface area contributed by atoms with E-state index < -0.39 is 53.5 Å². The molecule has 0 spiro atoms. The van der Waals surface area contributed by atoms with Crippen LogP contribution in [0, 0.1) is 0 Å². The second kappa shape index (κ2) is 7.98. The Morgan fingerprint density at radius 1 is 1.08 bits per heavy atom. The fraction of sp³-hybridized carbons (Fsp3) is 0.200. The summed E-state index contributed by atoms with van der Waals surface area (Å²) in [6, 6.07) is 3.45. The van der Waals surface area contributed by atoms with E-state index in [2.05, 4.69) is 4.74 Å². The molecule has 0 aromatic heterocycles. The van der Waals surface area contributed by atoms with E-state index in [4.69, 9.17) is 20.4 Å². The van der Waals surface area contributed by atoms with Crippen LogP contribution in [0.4, 0.5) is 0 Å². The molecule has 0 saturated heterocycles. The summed E-state index contributed by atoms with van der Waals surface area (Å²) >= 11 is 0. The molecule has 2 atom stereocenters. The van der Waals surface area contributed by atoms with Crippen LogP contribution in [0.5, 0.6) is 11.5 Å². The van der Waals surface area contributed by atoms with Crippen molar-refractivity contribution in [2.24, 2.45) is 0 Å². The van der Waals surface area contributed by atoms with E-state index in [-0.39, 0.29) is 5.56 Å². The minimum Gasteiger partial charge on any atom is -0.504 e. The molecule has 140 valence electrons. The molecule has 1 aromatic rings. The molecule has 2 unspecified atom stereocenters. The number of ether oxygens (including phenoxy) is 1. The van der Waals surface area contributed by atoms with E-state index in [1.165, 1.54) is 6.07 Å². The van der Waals surface area contributed by atoms with Crippen molar-refractivity contribution >= 4 is 30.0 Å². The van der Waals surface area contributed by atoms with Crippen LogP contribution in [0.25, 0.3) is 6.08 Å². The van der Waals surface area contributed by atoms with E-state index in [0.29, 0.717) is 6.08 Å². The lowest BCUT2D eigenvalue weighted by Crippen LogP contribution is -2.56. The summed E-state index contributed by atoms with van der Waals surface area (Å²) in [6.07, 6.45) is -2.52. The lowest BCUT2D eigenvalue weighted by molar-refractivity contribution is -0.195. The van der Waals surface area contributed by atoms with Gasteiger partial charge in [-0.05, 0) is 23.8 Å². The quantitative estimate of drug-likeness (QED) is 0.194. The first-order valence-electron chi connectivity index (χ1n) is 6.78. The molecule has 1 rings (SSSR count). The third-order valence-electron chi connectivity index (χ3n) is 3.09. The molecule has 6 N–H and O–H groups in total. The van der Waals surface area contributed by atoms with E-state index in [1.54, 1.807) is 0 Å². The van der Waals surface area contributed by atoms with Gasteiger partial charge in [-0.3, -0.25) is 4.79 Å². The first-order chi connectivity index (χ1) is 12.0. The minimum absolute atomic E-state index is 0.197. The first kappa shape index (κ1) is 20.4. The van der Waals surface area contributed by atoms with Gasteiger partial charge in [-0.15, -0.1) is 0 Å². The molecule has 0 amide bonds. The van der Waals surface area contributed by atoms with Crippen molar-refractivity contribution in [3.8, 4) is 11.5 Å². The molecule has 0 radical (unpaired) electrons. The number of hydrogen-bond acceptors (Lipinski definition) is 8. The van der Waals surface area contributed by atoms with E-state index in [1.807, 2.05) is 0 Å². The average molecular weight is 370 g/mol. The number of carboxylic acids is 3. The highest BCUT2D eigenvalue weighted by molar-refractivity contribution is 5.94. The Bertz CT molecular complexity index is 767. The number of esters is 1. The molecule has 0 aliphatic rings. The summed E-state index contributed by atoms with van der Waals surface area (Å²) in [5, 5.41) is 54.9. The summed E-state index contributed by atoms with van der Waals surface area (Å²) in [6.45, 7) is 0. The van der Waals surface area contributed by atoms with Crippen molar-refractivity contribution in [1.29, 1.82) is 0 Å². The van der Waals surface area contributed by atoms with Crippen LogP contribution in [-0.4, -0.2) is 66.2 Å². The standard InChI is InChI=1S/C15H14O11/c16-8-3-1-7(5-9(8)17)2-4-11(20)26-12(13(21)22)15(25,14(23)24)6-10(18)19/h1-5,12,16-17,25H,6H2,(H,18,19)(H,21,22)(H,23,24)/b4-2+. The van der Waals surface area contributed by atoms with Crippen LogP contribution in [-0.2, 0) is 23.9 Å². The maximum Gasteiger partial charge on any atom is 0.348 e. The highest BCUT2D eigenvalue weighted by Gasteiger charge is 2.52. The van der Waals surface area contributed by atoms with Crippen LogP contribution in [0.2, 0.25) is 0 Å². The smallest absolute Gasteiger partial charge is 0.348 e. The van der Waals surface area contributed by atoms with Crippen molar-refractivity contribution < 1.29 is 54.6 Å². The summed E-state index contributed by atoms with van der Waals surface area (Å²) in [4.78, 5) is 44.6. The highest BCUT2D eigenvalue weighted by atomic mass is 16.6. The van der Waals surface area contributed by atoms with Crippen LogP contribution in [0.15, 0.2) is 24.3 Å². The predicted octanol–water partition coefficient (Wildman–Crippen LogP) is -0.602. The van der Waals surface area contributed by atoms with Crippen molar-refractivity contribution in [2.45, 2.75) is 18.1 Å². The average Bonchev–Trinajstić information content (AvgIpc) is 2.52. The number of phenolic OH excluding ortho intramolecular Hbond substituents is 2. The lowest BCUT2D eigenvalue weighted by atomic mass is 9.92. The topological polar surface area (TPSA) is 199 Å². The number of rotatable bonds is 8. The zero-order valence-electron chi connectivity index (χ0n) is 12.9. The zero-order valence-corrected chi connectivity index (χ0v) is 12.9. The van der Waals surface area contributed by atoms with Gasteiger partial charge < -0.3 is 35.4 Å². The molecule has 0 bridgehead atoms. The number of benzene rings is 1. The molecule has 11 heteroatoms. The fourth-order valence-corrected chi connectivity index (χ4v) is 1.83. The van der Waals surface area contributed by atoms with Gasteiger partial charge in [-0.2, -0.15) is 0 Å². The Morgan fingerprint density at radius 2 is 1.69 bits per heavy atom. The molecule has 0 aliphatic carbocycles. The van der Waals surface area contributed by atoms with Gasteiger partial charge in [-0.1, -0.05) is 6.07 Å². The Kier molecular flexibility index (Phi) is 6.28. The Morgan fingerprint density at radius 3 is 2.15 bits per heavy atom. The monoisotopic (exact) mass is 370 g/mol. The number of aliphatic hydroxyl groups is 1. The van der Waals surface area contributed by atoms with Gasteiger partial charge in [-0.25, -0.2) is 14.4 Å². The lowest BCUT2D eigenvalue weighted by Gasteiger charge is -2.27. The van der Waals surface area contributed by atoms with E-state index >= 15 is 0 Å². The van der Waals surface area contributed by atoms with Gasteiger partial charge in [0.25, 0.3) is 0 Å². The van der Waals surface area contributed by atoms with Crippen molar-refractivity contribution in [1.82, 2.24) is 0 Å². The Balaban J connectivity index is 3.01. The van der Waals surface area contributed by atoms with Crippen LogP contribution in [0.3, 0.4) is 0 Å². The third-order valence-corrected chi connectivity index (χ3v) is 3.09. The van der Waals surface area contributed by atoms with Crippen LogP contribution >= 0.6 is 0 Å². The summed E-state index contributed by atoms with van der Waals surface area (Å²) in [5.74, 6) is -8.41. The van der Waals surface area contributed by atoms with Crippen LogP contribution < -0.4 is 0 Å². The Hall–Kier alpha value is -3.60. The van der Waals surface area contributed by atoms with Gasteiger partial charge in [0.15, 0.2) is 11.5 Å². The van der Waals surface area contributed by atoms with Gasteiger partial charge in [0, 0.05) is 6.08 Å². The number of carboxylic acid groups (broad SMARTS) is 3. The fourth-order valence-electron chi connectivity index (χ4n) is 1.83. The number of hydrogen-bond donors (Lipinski definition) is 6. The van der Waals surface area contributed by atoms with Crippen molar-refractivity contribution in [3.05, 3.63) is 29.8 Å². The number of aromatic hydroxyl groups is 2. The first-order valence-corrected chi connectivity index (χ1v) is 6.78. The molecular formula is C15H14O11. The summed E-state index contributed by atoms with van der Waals surface area (Å²) in [7, 11) is 0. The third kappa shape index (κ3) is 4.95. The maximum absolute atomic E-state index is 11.7. The second-order valence-electron chi connectivity index (χ2n) is 5.04. The van der Waals surface area contributed by atoms with Crippen molar-refractivity contribution in [2.75, 3.05) is 0 Å². The number of phenols is 2. The number of carbonyl (C=O) groups excluding carboxylic acids is 1. The number of carbonyl (C=O) groups is 4. The van der Waals surface area contributed by atoms with Gasteiger partial charge in [0.2, 0.25) is 11.7 Å². The molecular weight excluding hydrogens is 356 g/mol. The van der Waals surface area contributed by atoms with Gasteiger partial charge in [0.05, 0.1) is 6.42 Å². The second-order valence-corrected chi connectivity index (χ2v) is 5.04. The van der Waals surface area contributed by atoms with Crippen molar-refractivity contribution in [3.63, 3.8) is 0 Å². The molecule has 1 aromatic carbocycles. The molecule has 0 aliphatic heterocycles. The summed E-state index contributed by atoms with van der Waals surface area (Å²) in [5.41, 5.74) is -3.19. The van der Waals surface area contributed by atoms with E-state index in [9.17, 15) is 29.4 Å². The van der Waals surface area contributed by atoms with Gasteiger partial charge in [0.1, 0.15) is 0 Å². The minimum atomic E-state index is -3.39. The van der Waals surface area contributed by atoms with E-state index in [0.717, 1.165) is 18.2 Å². The molecule has 0 saturated carbocycles. The summed E-state index contributed by atoms with van der Waals surface area (Å²) < 4.78 is 4.38. The predicted molar refractivity (Wildman–Crippen MR) is 81.2 cm³/mol. The molecule has 0 heterocycles. The zero-order chi connectivity index (χ0) is 20.1. The maximum atomic E-state index is 11.7. The normalized spacial score (nSPS) is 14.3. The highest BCUT2D eigenvalue weighted by Crippen LogP contribution is 2.25. The molecule has 26 heavy (non-hydrogen) atoms. The SMILES string of the molecule is O=C(O)CC(O)(C(=O)O)C(OC(=O)/C=C/c1ccc(O)c(O)c1)C(=O)O. The largest absolute Gasteiger partial charge is 0.504 e. The van der Waals surface area contributed by atoms with Crippen LogP contribution in [0.1, 0.15) is 12.0 Å². The van der Waals surface area contributed by atoms with Gasteiger partial charge >= 0.3 is 23.9 Å².